The van der Waals surface area contributed by atoms with Crippen molar-refractivity contribution in [2.75, 3.05) is 24.7 Å². The predicted octanol–water partition coefficient (Wildman–Crippen LogP) is 1.36. The minimum absolute atomic E-state index is 0. The number of anilines is 1. The highest BCUT2D eigenvalue weighted by Crippen LogP contribution is 2.27. The monoisotopic (exact) mass is 389 g/mol. The van der Waals surface area contributed by atoms with Crippen molar-refractivity contribution in [2.45, 2.75) is 31.3 Å². The summed E-state index contributed by atoms with van der Waals surface area (Å²) in [5.41, 5.74) is 5.62. The quantitative estimate of drug-likeness (QED) is 0.814. The highest BCUT2D eigenvalue weighted by Gasteiger charge is 2.37. The summed E-state index contributed by atoms with van der Waals surface area (Å²) < 4.78 is 33.0. The molecular formula is C17H22ClF2N3O3. The number of amides is 2. The molecule has 2 heterocycles. The largest absolute Gasteiger partial charge is 0.381 e. The van der Waals surface area contributed by atoms with Crippen LogP contribution < -0.4 is 16.0 Å². The molecule has 1 aromatic rings. The maximum atomic E-state index is 13.9. The van der Waals surface area contributed by atoms with Crippen LogP contribution in [-0.2, 0) is 14.3 Å². The molecule has 0 bridgehead atoms. The third-order valence-electron chi connectivity index (χ3n) is 4.81. The molecule has 6 nitrogen and oxygen atoms in total. The fourth-order valence-corrected chi connectivity index (χ4v) is 3.34. The van der Waals surface area contributed by atoms with Gasteiger partial charge in [-0.1, -0.05) is 6.07 Å². The van der Waals surface area contributed by atoms with E-state index in [2.05, 4.69) is 5.32 Å². The minimum atomic E-state index is -0.822. The summed E-state index contributed by atoms with van der Waals surface area (Å²) in [5, 5.41) is 2.62. The highest BCUT2D eigenvalue weighted by atomic mass is 35.5. The molecule has 2 aliphatic rings. The van der Waals surface area contributed by atoms with E-state index in [1.165, 1.54) is 6.07 Å². The van der Waals surface area contributed by atoms with E-state index in [4.69, 9.17) is 10.5 Å². The molecule has 26 heavy (non-hydrogen) atoms. The standard InChI is InChI=1S/C17H21F2N3O3.ClH/c18-11-2-1-3-12(19)15(11)22-7-4-13(17(22)24)21-16(23)14(20)10-5-8-25-9-6-10;/h1-3,10,13-14H,4-9,20H2,(H,21,23);1H. The van der Waals surface area contributed by atoms with Gasteiger partial charge in [-0.2, -0.15) is 0 Å². The van der Waals surface area contributed by atoms with Gasteiger partial charge >= 0.3 is 0 Å². The number of nitrogens with zero attached hydrogens (tertiary/aromatic N) is 1. The van der Waals surface area contributed by atoms with Crippen molar-refractivity contribution in [1.82, 2.24) is 5.32 Å². The van der Waals surface area contributed by atoms with E-state index >= 15 is 0 Å². The molecule has 2 unspecified atom stereocenters. The Bertz CT molecular complexity index is 650. The number of halogens is 3. The molecule has 144 valence electrons. The van der Waals surface area contributed by atoms with Crippen LogP contribution in [0.1, 0.15) is 19.3 Å². The van der Waals surface area contributed by atoms with E-state index in [1.807, 2.05) is 0 Å². The summed E-state index contributed by atoms with van der Waals surface area (Å²) in [4.78, 5) is 25.8. The minimum Gasteiger partial charge on any atom is -0.381 e. The van der Waals surface area contributed by atoms with E-state index in [0.717, 1.165) is 17.0 Å². The third kappa shape index (κ3) is 4.13. The van der Waals surface area contributed by atoms with Gasteiger partial charge in [0, 0.05) is 19.8 Å². The van der Waals surface area contributed by atoms with Gasteiger partial charge < -0.3 is 20.7 Å². The first-order chi connectivity index (χ1) is 12.0. The van der Waals surface area contributed by atoms with Crippen LogP contribution in [0.2, 0.25) is 0 Å². The molecule has 2 fully saturated rings. The number of para-hydroxylation sites is 1. The molecule has 0 saturated carbocycles. The first kappa shape index (κ1) is 20.5. The number of rotatable bonds is 4. The molecule has 1 aromatic carbocycles. The lowest BCUT2D eigenvalue weighted by Crippen LogP contribution is -2.52. The van der Waals surface area contributed by atoms with Crippen molar-refractivity contribution < 1.29 is 23.1 Å². The van der Waals surface area contributed by atoms with E-state index in [0.29, 0.717) is 26.1 Å². The molecule has 0 aliphatic carbocycles. The molecule has 2 atom stereocenters. The molecule has 0 aromatic heterocycles. The Kier molecular flexibility index (Phi) is 6.91. The van der Waals surface area contributed by atoms with Crippen molar-refractivity contribution in [3.63, 3.8) is 0 Å². The highest BCUT2D eigenvalue weighted by molar-refractivity contribution is 6.01. The van der Waals surface area contributed by atoms with Gasteiger partial charge in [0.15, 0.2) is 0 Å². The van der Waals surface area contributed by atoms with Gasteiger partial charge in [-0.05, 0) is 37.3 Å². The summed E-state index contributed by atoms with van der Waals surface area (Å²) in [6.45, 7) is 1.26. The summed E-state index contributed by atoms with van der Waals surface area (Å²) in [6, 6.07) is 1.88. The number of nitrogens with two attached hydrogens (primary N) is 1. The molecular weight excluding hydrogens is 368 g/mol. The van der Waals surface area contributed by atoms with Crippen molar-refractivity contribution in [2.24, 2.45) is 11.7 Å². The SMILES string of the molecule is Cl.NC(C(=O)NC1CCN(c2c(F)cccc2F)C1=O)C1CCOCC1. The van der Waals surface area contributed by atoms with Gasteiger partial charge in [0.05, 0.1) is 6.04 Å². The maximum Gasteiger partial charge on any atom is 0.249 e. The Balaban J connectivity index is 0.00000243. The third-order valence-corrected chi connectivity index (χ3v) is 4.81. The van der Waals surface area contributed by atoms with Gasteiger partial charge in [-0.15, -0.1) is 12.4 Å². The maximum absolute atomic E-state index is 13.9. The van der Waals surface area contributed by atoms with E-state index in [1.54, 1.807) is 0 Å². The summed E-state index contributed by atoms with van der Waals surface area (Å²) >= 11 is 0. The van der Waals surface area contributed by atoms with Gasteiger partial charge in [-0.3, -0.25) is 9.59 Å². The zero-order valence-corrected chi connectivity index (χ0v) is 14.9. The molecule has 3 rings (SSSR count). The molecule has 0 spiro atoms. The second-order valence-corrected chi connectivity index (χ2v) is 6.39. The second-order valence-electron chi connectivity index (χ2n) is 6.39. The fourth-order valence-electron chi connectivity index (χ4n) is 3.34. The van der Waals surface area contributed by atoms with Crippen LogP contribution in [0.25, 0.3) is 0 Å². The number of benzene rings is 1. The van der Waals surface area contributed by atoms with Crippen LogP contribution in [0, 0.1) is 17.6 Å². The van der Waals surface area contributed by atoms with Crippen LogP contribution in [0.3, 0.4) is 0 Å². The normalized spacial score (nSPS) is 22.0. The summed E-state index contributed by atoms with van der Waals surface area (Å²) in [5.74, 6) is -2.55. The number of nitrogens with one attached hydrogen (secondary N) is 1. The number of carbonyl (C=O) groups excluding carboxylic acids is 2. The first-order valence-corrected chi connectivity index (χ1v) is 8.38. The van der Waals surface area contributed by atoms with Gasteiger partial charge in [0.2, 0.25) is 11.8 Å². The molecule has 2 amide bonds. The van der Waals surface area contributed by atoms with Crippen LogP contribution in [-0.4, -0.2) is 43.7 Å². The first-order valence-electron chi connectivity index (χ1n) is 8.38. The van der Waals surface area contributed by atoms with Crippen LogP contribution in [0.15, 0.2) is 18.2 Å². The number of hydrogen-bond donors (Lipinski definition) is 2. The summed E-state index contributed by atoms with van der Waals surface area (Å²) in [7, 11) is 0. The smallest absolute Gasteiger partial charge is 0.249 e. The van der Waals surface area contributed by atoms with Gasteiger partial charge in [-0.25, -0.2) is 8.78 Å². The molecule has 9 heteroatoms. The van der Waals surface area contributed by atoms with E-state index in [-0.39, 0.29) is 37.0 Å². The molecule has 3 N–H and O–H groups in total. The van der Waals surface area contributed by atoms with Crippen LogP contribution >= 0.6 is 12.4 Å². The lowest BCUT2D eigenvalue weighted by atomic mass is 9.91. The second kappa shape index (κ2) is 8.75. The lowest BCUT2D eigenvalue weighted by molar-refractivity contribution is -0.128. The van der Waals surface area contributed by atoms with Crippen molar-refractivity contribution in [3.8, 4) is 0 Å². The summed E-state index contributed by atoms with van der Waals surface area (Å²) in [6.07, 6.45) is 1.67. The van der Waals surface area contributed by atoms with Crippen LogP contribution in [0.5, 0.6) is 0 Å². The topological polar surface area (TPSA) is 84.7 Å². The van der Waals surface area contributed by atoms with Crippen molar-refractivity contribution in [3.05, 3.63) is 29.8 Å². The molecule has 2 aliphatic heterocycles. The Morgan fingerprint density at radius 3 is 2.46 bits per heavy atom. The zero-order chi connectivity index (χ0) is 18.0. The van der Waals surface area contributed by atoms with Gasteiger partial charge in [0.25, 0.3) is 0 Å². The lowest BCUT2D eigenvalue weighted by Gasteiger charge is -2.27. The predicted molar refractivity (Wildman–Crippen MR) is 94.0 cm³/mol. The van der Waals surface area contributed by atoms with Crippen LogP contribution in [0.4, 0.5) is 14.5 Å². The Morgan fingerprint density at radius 2 is 1.85 bits per heavy atom. The zero-order valence-electron chi connectivity index (χ0n) is 14.1. The Hall–Kier alpha value is -1.77. The average Bonchev–Trinajstić information content (AvgIpc) is 2.95. The fraction of sp³-hybridized carbons (Fsp3) is 0.529. The van der Waals surface area contributed by atoms with Crippen molar-refractivity contribution >= 4 is 29.9 Å². The molecule has 0 radical (unpaired) electrons. The van der Waals surface area contributed by atoms with E-state index < -0.39 is 35.5 Å². The number of ether oxygens (including phenoxy) is 1. The van der Waals surface area contributed by atoms with E-state index in [9.17, 15) is 18.4 Å². The Morgan fingerprint density at radius 1 is 1.23 bits per heavy atom. The van der Waals surface area contributed by atoms with Crippen molar-refractivity contribution in [1.29, 1.82) is 0 Å². The van der Waals surface area contributed by atoms with Gasteiger partial charge in [0.1, 0.15) is 23.4 Å². The average molecular weight is 390 g/mol. The number of hydrogen-bond acceptors (Lipinski definition) is 4. The Labute approximate surface area is 156 Å². The molecule has 2 saturated heterocycles. The number of carbonyl (C=O) groups is 2.